The predicted molar refractivity (Wildman–Crippen MR) is 78.1 cm³/mol. The summed E-state index contributed by atoms with van der Waals surface area (Å²) >= 11 is 1.27. The molecule has 1 aromatic carbocycles. The third-order valence-corrected chi connectivity index (χ3v) is 4.65. The minimum absolute atomic E-state index is 0.137. The smallest absolute Gasteiger partial charge is 0.196 e. The SMILES string of the molecule is CC(=O)c1ccc(Sc2nnc3n2CCCCC3)c(F)c1. The maximum Gasteiger partial charge on any atom is 0.196 e. The fourth-order valence-corrected chi connectivity index (χ4v) is 3.31. The van der Waals surface area contributed by atoms with Gasteiger partial charge in [0.15, 0.2) is 10.9 Å². The number of fused-ring (bicyclic) bond motifs is 1. The Bertz CT molecular complexity index is 684. The van der Waals surface area contributed by atoms with Crippen LogP contribution in [-0.2, 0) is 13.0 Å². The Hall–Kier alpha value is -1.69. The monoisotopic (exact) mass is 305 g/mol. The van der Waals surface area contributed by atoms with Gasteiger partial charge in [-0.15, -0.1) is 10.2 Å². The zero-order valence-corrected chi connectivity index (χ0v) is 12.6. The minimum Gasteiger partial charge on any atom is -0.306 e. The van der Waals surface area contributed by atoms with E-state index in [2.05, 4.69) is 14.8 Å². The van der Waals surface area contributed by atoms with Crippen LogP contribution in [0.2, 0.25) is 0 Å². The number of aromatic nitrogens is 3. The molecule has 0 saturated carbocycles. The van der Waals surface area contributed by atoms with Crippen molar-refractivity contribution in [3.8, 4) is 0 Å². The molecule has 0 fully saturated rings. The molecule has 0 bridgehead atoms. The Kier molecular flexibility index (Phi) is 4.05. The molecular formula is C15H16FN3OS. The first-order chi connectivity index (χ1) is 10.1. The molecule has 0 unspecified atom stereocenters. The first-order valence-corrected chi connectivity index (χ1v) is 7.87. The molecule has 0 N–H and O–H groups in total. The van der Waals surface area contributed by atoms with Gasteiger partial charge in [-0.3, -0.25) is 4.79 Å². The second-order valence-corrected chi connectivity index (χ2v) is 6.17. The molecule has 0 saturated heterocycles. The van der Waals surface area contributed by atoms with Crippen LogP contribution < -0.4 is 0 Å². The third kappa shape index (κ3) is 3.00. The van der Waals surface area contributed by atoms with Crippen molar-refractivity contribution in [1.82, 2.24) is 14.8 Å². The largest absolute Gasteiger partial charge is 0.306 e. The molecule has 21 heavy (non-hydrogen) atoms. The zero-order valence-electron chi connectivity index (χ0n) is 11.8. The lowest BCUT2D eigenvalue weighted by Crippen LogP contribution is -2.02. The number of carbonyl (C=O) groups excluding carboxylic acids is 1. The summed E-state index contributed by atoms with van der Waals surface area (Å²) in [6.07, 6.45) is 4.35. The first-order valence-electron chi connectivity index (χ1n) is 7.05. The van der Waals surface area contributed by atoms with E-state index in [1.807, 2.05) is 0 Å². The number of ketones is 1. The average molecular weight is 305 g/mol. The molecule has 1 aliphatic heterocycles. The summed E-state index contributed by atoms with van der Waals surface area (Å²) in [6.45, 7) is 2.32. The molecule has 2 heterocycles. The molecule has 6 heteroatoms. The normalized spacial score (nSPS) is 14.6. The van der Waals surface area contributed by atoms with Crippen molar-refractivity contribution in [3.63, 3.8) is 0 Å². The van der Waals surface area contributed by atoms with E-state index in [1.54, 1.807) is 12.1 Å². The number of benzene rings is 1. The second kappa shape index (κ2) is 5.97. The Morgan fingerprint density at radius 1 is 1.29 bits per heavy atom. The van der Waals surface area contributed by atoms with Gasteiger partial charge in [0.05, 0.1) is 4.90 Å². The summed E-state index contributed by atoms with van der Waals surface area (Å²) in [5, 5.41) is 9.10. The Morgan fingerprint density at radius 2 is 2.14 bits per heavy atom. The number of hydrogen-bond acceptors (Lipinski definition) is 4. The van der Waals surface area contributed by atoms with Crippen molar-refractivity contribution in [2.75, 3.05) is 0 Å². The van der Waals surface area contributed by atoms with E-state index in [0.29, 0.717) is 10.5 Å². The zero-order chi connectivity index (χ0) is 14.8. The van der Waals surface area contributed by atoms with Gasteiger partial charge in [0.1, 0.15) is 11.6 Å². The number of rotatable bonds is 3. The van der Waals surface area contributed by atoms with Gasteiger partial charge < -0.3 is 4.57 Å². The first kappa shape index (κ1) is 14.3. The van der Waals surface area contributed by atoms with Gasteiger partial charge in [-0.2, -0.15) is 0 Å². The molecule has 4 nitrogen and oxygen atoms in total. The molecule has 0 amide bonds. The van der Waals surface area contributed by atoms with E-state index in [1.165, 1.54) is 31.2 Å². The van der Waals surface area contributed by atoms with Gasteiger partial charge in [-0.05, 0) is 43.7 Å². The van der Waals surface area contributed by atoms with E-state index in [4.69, 9.17) is 0 Å². The Labute approximate surface area is 126 Å². The third-order valence-electron chi connectivity index (χ3n) is 3.62. The summed E-state index contributed by atoms with van der Waals surface area (Å²) in [6, 6.07) is 4.56. The van der Waals surface area contributed by atoms with Crippen LogP contribution in [0.15, 0.2) is 28.3 Å². The van der Waals surface area contributed by atoms with Gasteiger partial charge in [0.2, 0.25) is 0 Å². The van der Waals surface area contributed by atoms with Gasteiger partial charge in [-0.1, -0.05) is 12.5 Å². The minimum atomic E-state index is -0.390. The number of hydrogen-bond donors (Lipinski definition) is 0. The molecule has 0 atom stereocenters. The van der Waals surface area contributed by atoms with Crippen molar-refractivity contribution in [2.45, 2.75) is 49.2 Å². The maximum atomic E-state index is 14.1. The van der Waals surface area contributed by atoms with Crippen molar-refractivity contribution in [2.24, 2.45) is 0 Å². The molecular weight excluding hydrogens is 289 g/mol. The molecule has 0 radical (unpaired) electrons. The quantitative estimate of drug-likeness (QED) is 0.814. The van der Waals surface area contributed by atoms with Crippen molar-refractivity contribution < 1.29 is 9.18 Å². The van der Waals surface area contributed by atoms with Crippen LogP contribution in [0, 0.1) is 5.82 Å². The van der Waals surface area contributed by atoms with Crippen LogP contribution in [0.25, 0.3) is 0 Å². The van der Waals surface area contributed by atoms with Crippen LogP contribution in [0.3, 0.4) is 0 Å². The number of halogens is 1. The van der Waals surface area contributed by atoms with Crippen molar-refractivity contribution in [3.05, 3.63) is 35.4 Å². The Morgan fingerprint density at radius 3 is 2.90 bits per heavy atom. The number of nitrogens with zero attached hydrogens (tertiary/aromatic N) is 3. The molecule has 1 aromatic heterocycles. The van der Waals surface area contributed by atoms with Crippen LogP contribution in [0.5, 0.6) is 0 Å². The van der Waals surface area contributed by atoms with Gasteiger partial charge in [-0.25, -0.2) is 4.39 Å². The van der Waals surface area contributed by atoms with Crippen LogP contribution in [0.4, 0.5) is 4.39 Å². The van der Waals surface area contributed by atoms with E-state index in [0.717, 1.165) is 36.8 Å². The summed E-state index contributed by atoms with van der Waals surface area (Å²) in [5.41, 5.74) is 0.386. The lowest BCUT2D eigenvalue weighted by molar-refractivity contribution is 0.101. The molecule has 2 aromatic rings. The highest BCUT2D eigenvalue weighted by Gasteiger charge is 2.17. The van der Waals surface area contributed by atoms with Gasteiger partial charge in [0.25, 0.3) is 0 Å². The second-order valence-electron chi connectivity index (χ2n) is 5.16. The standard InChI is InChI=1S/C15H16FN3OS/c1-10(20)11-6-7-13(12(16)9-11)21-15-18-17-14-5-3-2-4-8-19(14)15/h6-7,9H,2-5,8H2,1H3. The average Bonchev–Trinajstić information content (AvgIpc) is 2.69. The number of carbonyl (C=O) groups is 1. The van der Waals surface area contributed by atoms with Gasteiger partial charge in [0, 0.05) is 18.5 Å². The predicted octanol–water partition coefficient (Wildman–Crippen LogP) is 3.50. The summed E-state index contributed by atoms with van der Waals surface area (Å²) in [5.74, 6) is 0.455. The fourth-order valence-electron chi connectivity index (χ4n) is 2.43. The lowest BCUT2D eigenvalue weighted by atomic mass is 10.1. The Balaban J connectivity index is 1.87. The van der Waals surface area contributed by atoms with E-state index < -0.39 is 5.82 Å². The summed E-state index contributed by atoms with van der Waals surface area (Å²) < 4.78 is 16.2. The highest BCUT2D eigenvalue weighted by molar-refractivity contribution is 7.99. The number of Topliss-reactive ketones (excluding diaryl/α,β-unsaturated/α-hetero) is 1. The molecule has 1 aliphatic rings. The highest BCUT2D eigenvalue weighted by Crippen LogP contribution is 2.30. The van der Waals surface area contributed by atoms with Crippen molar-refractivity contribution in [1.29, 1.82) is 0 Å². The fraction of sp³-hybridized carbons (Fsp3) is 0.400. The van der Waals surface area contributed by atoms with Crippen molar-refractivity contribution >= 4 is 17.5 Å². The topological polar surface area (TPSA) is 47.8 Å². The summed E-state index contributed by atoms with van der Waals surface area (Å²) in [7, 11) is 0. The maximum absolute atomic E-state index is 14.1. The van der Waals surface area contributed by atoms with E-state index >= 15 is 0 Å². The van der Waals surface area contributed by atoms with E-state index in [-0.39, 0.29) is 5.78 Å². The van der Waals surface area contributed by atoms with Crippen LogP contribution >= 0.6 is 11.8 Å². The summed E-state index contributed by atoms with van der Waals surface area (Å²) in [4.78, 5) is 11.7. The lowest BCUT2D eigenvalue weighted by Gasteiger charge is -2.07. The van der Waals surface area contributed by atoms with Gasteiger partial charge >= 0.3 is 0 Å². The van der Waals surface area contributed by atoms with Crippen LogP contribution in [-0.4, -0.2) is 20.5 Å². The molecule has 0 aliphatic carbocycles. The molecule has 110 valence electrons. The molecule has 3 rings (SSSR count). The number of aryl methyl sites for hydroxylation is 1. The van der Waals surface area contributed by atoms with E-state index in [9.17, 15) is 9.18 Å². The van der Waals surface area contributed by atoms with Crippen LogP contribution in [0.1, 0.15) is 42.4 Å². The highest BCUT2D eigenvalue weighted by atomic mass is 32.2. The molecule has 0 spiro atoms.